The predicted octanol–water partition coefficient (Wildman–Crippen LogP) is 2.47. The van der Waals surface area contributed by atoms with Crippen LogP contribution in [0.1, 0.15) is 6.92 Å². The molecule has 0 aromatic rings. The SMILES string of the molecule is C=C(C)C(=O)OC(OCC(F)(F)S(=O)(=O)O)(C(=O)NC(C(F)(F)F)C(F)(F)F)C(F)(F)F. The van der Waals surface area contributed by atoms with Crippen molar-refractivity contribution in [2.75, 3.05) is 6.61 Å². The highest BCUT2D eigenvalue weighted by Gasteiger charge is 2.70. The summed E-state index contributed by atoms with van der Waals surface area (Å²) in [5.74, 6) is -11.7. The van der Waals surface area contributed by atoms with Crippen molar-refractivity contribution >= 4 is 22.0 Å². The third-order valence-corrected chi connectivity index (χ3v) is 3.88. The average Bonchev–Trinajstić information content (AvgIpc) is 2.51. The van der Waals surface area contributed by atoms with Crippen LogP contribution >= 0.6 is 0 Å². The number of hydrogen-bond acceptors (Lipinski definition) is 6. The molecular formula is C12H10F11NO7S. The fourth-order valence-corrected chi connectivity index (χ4v) is 1.67. The van der Waals surface area contributed by atoms with Gasteiger partial charge in [0.15, 0.2) is 0 Å². The summed E-state index contributed by atoms with van der Waals surface area (Å²) >= 11 is 0. The first-order valence-electron chi connectivity index (χ1n) is 7.18. The van der Waals surface area contributed by atoms with E-state index in [4.69, 9.17) is 4.55 Å². The Bertz CT molecular complexity index is 833. The number of halogens is 11. The zero-order valence-electron chi connectivity index (χ0n) is 15.0. The number of hydrogen-bond donors (Lipinski definition) is 2. The van der Waals surface area contributed by atoms with Crippen LogP contribution < -0.4 is 5.32 Å². The number of alkyl halides is 11. The fourth-order valence-electron chi connectivity index (χ4n) is 1.46. The highest BCUT2D eigenvalue weighted by Crippen LogP contribution is 2.40. The maximum absolute atomic E-state index is 13.5. The Labute approximate surface area is 170 Å². The van der Waals surface area contributed by atoms with E-state index in [0.717, 1.165) is 0 Å². The second kappa shape index (κ2) is 8.96. The third kappa shape index (κ3) is 6.89. The van der Waals surface area contributed by atoms with Crippen molar-refractivity contribution in [2.24, 2.45) is 0 Å². The van der Waals surface area contributed by atoms with E-state index in [9.17, 15) is 66.3 Å². The predicted molar refractivity (Wildman–Crippen MR) is 76.2 cm³/mol. The molecule has 0 aliphatic heterocycles. The molecule has 0 bridgehead atoms. The van der Waals surface area contributed by atoms with Gasteiger partial charge in [-0.1, -0.05) is 6.58 Å². The molecule has 0 aliphatic rings. The molecule has 8 nitrogen and oxygen atoms in total. The number of carbonyl (C=O) groups excluding carboxylic acids is 2. The van der Waals surface area contributed by atoms with E-state index < -0.39 is 69.8 Å². The molecule has 1 atom stereocenters. The summed E-state index contributed by atoms with van der Waals surface area (Å²) in [5, 5.41) is -5.94. The standard InChI is InChI=1S/C12H10F11NO7S/c1-4(2)5(25)31-9(12(21,22)23,30-3-8(13,14)32(27,28)29)7(26)24-6(10(15,16)17)11(18,19)20/h6H,1,3H2,2H3,(H,24,26)(H,27,28,29). The molecule has 0 fully saturated rings. The highest BCUT2D eigenvalue weighted by atomic mass is 32.2. The minimum absolute atomic E-state index is 0.234. The molecule has 2 N–H and O–H groups in total. The van der Waals surface area contributed by atoms with E-state index in [1.54, 1.807) is 0 Å². The van der Waals surface area contributed by atoms with Gasteiger partial charge in [-0.2, -0.15) is 56.7 Å². The Kier molecular flexibility index (Phi) is 8.34. The monoisotopic (exact) mass is 521 g/mol. The largest absolute Gasteiger partial charge is 0.466 e. The number of carbonyl (C=O) groups is 2. The maximum atomic E-state index is 13.5. The molecule has 0 radical (unpaired) electrons. The first-order chi connectivity index (χ1) is 13.8. The van der Waals surface area contributed by atoms with Gasteiger partial charge in [-0.15, -0.1) is 0 Å². The Morgan fingerprint density at radius 3 is 1.66 bits per heavy atom. The van der Waals surface area contributed by atoms with Crippen molar-refractivity contribution in [2.45, 2.75) is 42.5 Å². The van der Waals surface area contributed by atoms with Crippen LogP contribution in [0.2, 0.25) is 0 Å². The normalized spacial score (nSPS) is 15.8. The van der Waals surface area contributed by atoms with Crippen molar-refractivity contribution < 1.29 is 80.3 Å². The molecule has 1 unspecified atom stereocenters. The van der Waals surface area contributed by atoms with Crippen molar-refractivity contribution in [3.63, 3.8) is 0 Å². The van der Waals surface area contributed by atoms with E-state index in [1.807, 2.05) is 0 Å². The molecule has 0 aliphatic carbocycles. The van der Waals surface area contributed by atoms with E-state index >= 15 is 0 Å². The second-order valence-corrected chi connectivity index (χ2v) is 7.22. The highest BCUT2D eigenvalue weighted by molar-refractivity contribution is 7.86. The molecule has 1 amide bonds. The summed E-state index contributed by atoms with van der Waals surface area (Å²) in [7, 11) is -6.59. The number of amides is 1. The average molecular weight is 521 g/mol. The van der Waals surface area contributed by atoms with Crippen LogP contribution in [0, 0.1) is 0 Å². The number of ether oxygens (including phenoxy) is 2. The van der Waals surface area contributed by atoms with Gasteiger partial charge >= 0.3 is 51.6 Å². The molecule has 32 heavy (non-hydrogen) atoms. The van der Waals surface area contributed by atoms with Crippen LogP contribution in [0.25, 0.3) is 0 Å². The van der Waals surface area contributed by atoms with Gasteiger partial charge in [0.1, 0.15) is 6.61 Å². The minimum Gasteiger partial charge on any atom is -0.412 e. The van der Waals surface area contributed by atoms with E-state index in [1.165, 1.54) is 0 Å². The van der Waals surface area contributed by atoms with Gasteiger partial charge in [0.05, 0.1) is 0 Å². The fraction of sp³-hybridized carbons (Fsp3) is 0.667. The van der Waals surface area contributed by atoms with Crippen LogP contribution in [0.15, 0.2) is 12.2 Å². The van der Waals surface area contributed by atoms with Crippen molar-refractivity contribution in [1.29, 1.82) is 0 Å². The Balaban J connectivity index is 6.65. The smallest absolute Gasteiger partial charge is 0.412 e. The third-order valence-electron chi connectivity index (χ3n) is 3.01. The number of nitrogens with one attached hydrogen (secondary N) is 1. The van der Waals surface area contributed by atoms with Crippen LogP contribution in [-0.4, -0.2) is 67.1 Å². The molecule has 20 heteroatoms. The molecule has 0 saturated heterocycles. The molecule has 0 saturated carbocycles. The van der Waals surface area contributed by atoms with E-state index in [0.29, 0.717) is 6.92 Å². The zero-order chi connectivity index (χ0) is 26.1. The van der Waals surface area contributed by atoms with Gasteiger partial charge < -0.3 is 14.8 Å². The van der Waals surface area contributed by atoms with Gasteiger partial charge in [-0.25, -0.2) is 4.79 Å². The lowest BCUT2D eigenvalue weighted by atomic mass is 10.2. The quantitative estimate of drug-likeness (QED) is 0.166. The molecule has 0 aromatic heterocycles. The lowest BCUT2D eigenvalue weighted by Gasteiger charge is -2.35. The molecule has 0 aromatic carbocycles. The first kappa shape index (κ1) is 29.8. The van der Waals surface area contributed by atoms with Gasteiger partial charge in [-0.3, -0.25) is 9.35 Å². The molecular weight excluding hydrogens is 511 g/mol. The van der Waals surface area contributed by atoms with Crippen molar-refractivity contribution in [3.8, 4) is 0 Å². The van der Waals surface area contributed by atoms with E-state index in [-0.39, 0.29) is 5.32 Å². The van der Waals surface area contributed by atoms with Crippen molar-refractivity contribution in [1.82, 2.24) is 5.32 Å². The van der Waals surface area contributed by atoms with Gasteiger partial charge in [0.2, 0.25) is 6.04 Å². The summed E-state index contributed by atoms with van der Waals surface area (Å²) in [6.45, 7) is 0.0356. The number of rotatable bonds is 8. The zero-order valence-corrected chi connectivity index (χ0v) is 15.8. The van der Waals surface area contributed by atoms with Crippen LogP contribution in [0.4, 0.5) is 48.3 Å². The molecule has 0 rings (SSSR count). The second-order valence-electron chi connectivity index (χ2n) is 5.67. The van der Waals surface area contributed by atoms with E-state index in [2.05, 4.69) is 16.1 Å². The Hall–Kier alpha value is -2.22. The van der Waals surface area contributed by atoms with Gasteiger partial charge in [0.25, 0.3) is 0 Å². The minimum atomic E-state index is -6.68. The van der Waals surface area contributed by atoms with Gasteiger partial charge in [0, 0.05) is 5.57 Å². The van der Waals surface area contributed by atoms with Gasteiger partial charge in [-0.05, 0) is 6.92 Å². The first-order valence-corrected chi connectivity index (χ1v) is 8.62. The van der Waals surface area contributed by atoms with Crippen LogP contribution in [0.3, 0.4) is 0 Å². The van der Waals surface area contributed by atoms with Crippen LogP contribution in [-0.2, 0) is 29.2 Å². The topological polar surface area (TPSA) is 119 Å². The molecule has 0 heterocycles. The lowest BCUT2D eigenvalue weighted by molar-refractivity contribution is -0.354. The summed E-state index contributed by atoms with van der Waals surface area (Å²) in [6.07, 6.45) is -19.7. The molecule has 0 spiro atoms. The molecule has 188 valence electrons. The summed E-state index contributed by atoms with van der Waals surface area (Å²) < 4.78 is 178. The summed E-state index contributed by atoms with van der Waals surface area (Å²) in [4.78, 5) is 23.2. The Morgan fingerprint density at radius 1 is 0.969 bits per heavy atom. The van der Waals surface area contributed by atoms with Crippen LogP contribution in [0.5, 0.6) is 0 Å². The summed E-state index contributed by atoms with van der Waals surface area (Å²) in [5.41, 5.74) is -1.08. The Morgan fingerprint density at radius 2 is 1.38 bits per heavy atom. The van der Waals surface area contributed by atoms with Crippen molar-refractivity contribution in [3.05, 3.63) is 12.2 Å². The maximum Gasteiger partial charge on any atom is 0.466 e. The number of esters is 1. The lowest BCUT2D eigenvalue weighted by Crippen LogP contribution is -2.67. The summed E-state index contributed by atoms with van der Waals surface area (Å²) in [6, 6.07) is -5.04.